The summed E-state index contributed by atoms with van der Waals surface area (Å²) in [5.74, 6) is 0.194. The maximum absolute atomic E-state index is 14.1. The SMILES string of the molecule is CCCCCCCCCCCCCCOc1ccc(C(=O)N(Cc2cccc[n+]2CC)C(=O)c2ccccc2)cc1C(C)(C)C.[I-]. The number of imide groups is 1. The summed E-state index contributed by atoms with van der Waals surface area (Å²) in [6.45, 7) is 12.3. The van der Waals surface area contributed by atoms with Crippen LogP contribution in [0.4, 0.5) is 0 Å². The first kappa shape index (κ1) is 39.4. The van der Waals surface area contributed by atoms with Gasteiger partial charge in [-0.1, -0.05) is 123 Å². The molecular formula is C40H57IN2O3. The summed E-state index contributed by atoms with van der Waals surface area (Å²) in [7, 11) is 0. The van der Waals surface area contributed by atoms with Crippen LogP contribution in [0.2, 0.25) is 0 Å². The minimum atomic E-state index is -0.312. The Kier molecular flexibility index (Phi) is 18.2. The highest BCUT2D eigenvalue weighted by Gasteiger charge is 2.29. The smallest absolute Gasteiger partial charge is 0.261 e. The number of aryl methyl sites for hydroxylation is 1. The molecule has 252 valence electrons. The highest BCUT2D eigenvalue weighted by molar-refractivity contribution is 6.10. The van der Waals surface area contributed by atoms with Gasteiger partial charge in [-0.05, 0) is 49.1 Å². The van der Waals surface area contributed by atoms with Gasteiger partial charge in [0.15, 0.2) is 6.20 Å². The van der Waals surface area contributed by atoms with E-state index in [0.29, 0.717) is 17.7 Å². The molecule has 0 bridgehead atoms. The predicted molar refractivity (Wildman–Crippen MR) is 185 cm³/mol. The van der Waals surface area contributed by atoms with Gasteiger partial charge in [0, 0.05) is 28.8 Å². The Labute approximate surface area is 296 Å². The second-order valence-corrected chi connectivity index (χ2v) is 13.2. The summed E-state index contributed by atoms with van der Waals surface area (Å²) in [5, 5.41) is 0. The molecule has 0 saturated carbocycles. The van der Waals surface area contributed by atoms with E-state index in [1.54, 1.807) is 18.2 Å². The van der Waals surface area contributed by atoms with E-state index in [-0.39, 0.29) is 47.8 Å². The van der Waals surface area contributed by atoms with Crippen molar-refractivity contribution in [2.24, 2.45) is 0 Å². The van der Waals surface area contributed by atoms with Gasteiger partial charge in [-0.15, -0.1) is 0 Å². The molecule has 0 fully saturated rings. The Bertz CT molecular complexity index is 1320. The molecule has 0 unspecified atom stereocenters. The van der Waals surface area contributed by atoms with Crippen molar-refractivity contribution in [1.29, 1.82) is 0 Å². The summed E-state index contributed by atoms with van der Waals surface area (Å²) in [6, 6.07) is 20.5. The number of carbonyl (C=O) groups excluding carboxylic acids is 2. The lowest BCUT2D eigenvalue weighted by Gasteiger charge is -2.25. The summed E-state index contributed by atoms with van der Waals surface area (Å²) in [6.07, 6.45) is 17.7. The first-order valence-electron chi connectivity index (χ1n) is 17.4. The topological polar surface area (TPSA) is 50.5 Å². The Hall–Kier alpha value is -2.74. The lowest BCUT2D eigenvalue weighted by atomic mass is 9.85. The number of pyridine rings is 1. The van der Waals surface area contributed by atoms with Crippen LogP contribution in [0.5, 0.6) is 5.75 Å². The summed E-state index contributed by atoms with van der Waals surface area (Å²) in [4.78, 5) is 29.2. The number of unbranched alkanes of at least 4 members (excludes halogenated alkanes) is 11. The number of ether oxygens (including phenoxy) is 1. The van der Waals surface area contributed by atoms with Crippen LogP contribution in [0, 0.1) is 0 Å². The maximum atomic E-state index is 14.1. The van der Waals surface area contributed by atoms with Crippen LogP contribution in [-0.2, 0) is 18.5 Å². The third kappa shape index (κ3) is 12.8. The molecule has 2 amide bonds. The molecular weight excluding hydrogens is 683 g/mol. The molecule has 0 aliphatic rings. The number of hydrogen-bond donors (Lipinski definition) is 0. The van der Waals surface area contributed by atoms with Crippen molar-refractivity contribution in [2.45, 2.75) is 130 Å². The molecule has 0 N–H and O–H groups in total. The van der Waals surface area contributed by atoms with Crippen molar-refractivity contribution in [3.8, 4) is 5.75 Å². The van der Waals surface area contributed by atoms with E-state index in [1.165, 1.54) is 75.5 Å². The number of carbonyl (C=O) groups is 2. The molecule has 0 aliphatic heterocycles. The minimum Gasteiger partial charge on any atom is -1.00 e. The summed E-state index contributed by atoms with van der Waals surface area (Å²) in [5.41, 5.74) is 2.61. The fraction of sp³-hybridized carbons (Fsp3) is 0.525. The standard InChI is InChI=1S/C40H57N2O3.HI/c1-6-8-9-10-11-12-13-14-15-16-17-23-30-45-37-28-27-34(31-36(37)40(3,4)5)39(44)42(38(43)33-24-19-18-20-25-33)32-35-26-21-22-29-41(35)7-2;/h18-22,24-29,31H,6-17,23,30,32H2,1-5H3;1H/q+1;/p-1. The van der Waals surface area contributed by atoms with Gasteiger partial charge in [0.25, 0.3) is 11.8 Å². The Morgan fingerprint density at radius 2 is 1.26 bits per heavy atom. The number of hydrogen-bond acceptors (Lipinski definition) is 3. The first-order chi connectivity index (χ1) is 21.8. The number of amides is 2. The monoisotopic (exact) mass is 740 g/mol. The van der Waals surface area contributed by atoms with E-state index in [9.17, 15) is 9.59 Å². The van der Waals surface area contributed by atoms with E-state index in [1.807, 2.05) is 54.7 Å². The van der Waals surface area contributed by atoms with E-state index in [2.05, 4.69) is 39.2 Å². The van der Waals surface area contributed by atoms with Crippen molar-refractivity contribution in [2.75, 3.05) is 6.61 Å². The van der Waals surface area contributed by atoms with Crippen LogP contribution >= 0.6 is 0 Å². The zero-order valence-corrected chi connectivity index (χ0v) is 31.2. The van der Waals surface area contributed by atoms with Gasteiger partial charge < -0.3 is 28.7 Å². The number of nitrogens with zero attached hydrogens (tertiary/aromatic N) is 2. The average Bonchev–Trinajstić information content (AvgIpc) is 3.05. The molecule has 2 aromatic carbocycles. The maximum Gasteiger partial charge on any atom is 0.261 e. The van der Waals surface area contributed by atoms with Crippen molar-refractivity contribution in [1.82, 2.24) is 4.90 Å². The number of halogens is 1. The van der Waals surface area contributed by atoms with E-state index in [0.717, 1.165) is 30.0 Å². The summed E-state index contributed by atoms with van der Waals surface area (Å²) >= 11 is 0. The van der Waals surface area contributed by atoms with E-state index in [4.69, 9.17) is 4.74 Å². The largest absolute Gasteiger partial charge is 1.00 e. The number of aromatic nitrogens is 1. The molecule has 1 aromatic heterocycles. The Morgan fingerprint density at radius 1 is 0.696 bits per heavy atom. The predicted octanol–water partition coefficient (Wildman–Crippen LogP) is 6.86. The zero-order valence-electron chi connectivity index (χ0n) is 29.0. The average molecular weight is 741 g/mol. The quantitative estimate of drug-likeness (QED) is 0.0585. The van der Waals surface area contributed by atoms with Crippen LogP contribution in [0.25, 0.3) is 0 Å². The van der Waals surface area contributed by atoms with Crippen molar-refractivity contribution in [3.05, 3.63) is 95.3 Å². The molecule has 5 nitrogen and oxygen atoms in total. The van der Waals surface area contributed by atoms with E-state index < -0.39 is 0 Å². The van der Waals surface area contributed by atoms with E-state index >= 15 is 0 Å². The minimum absolute atomic E-state index is 0. The lowest BCUT2D eigenvalue weighted by Crippen LogP contribution is -3.00. The molecule has 3 rings (SSSR count). The Balaban J connectivity index is 0.00000736. The lowest BCUT2D eigenvalue weighted by molar-refractivity contribution is -0.701. The fourth-order valence-electron chi connectivity index (χ4n) is 5.75. The van der Waals surface area contributed by atoms with Gasteiger partial charge in [-0.3, -0.25) is 14.5 Å². The van der Waals surface area contributed by atoms with Crippen molar-refractivity contribution >= 4 is 11.8 Å². The molecule has 0 atom stereocenters. The molecule has 1 heterocycles. The highest BCUT2D eigenvalue weighted by Crippen LogP contribution is 2.33. The number of rotatable bonds is 19. The second kappa shape index (κ2) is 21.2. The van der Waals surface area contributed by atoms with Gasteiger partial charge in [0.2, 0.25) is 5.69 Å². The van der Waals surface area contributed by atoms with Gasteiger partial charge in [-0.25, -0.2) is 4.57 Å². The van der Waals surface area contributed by atoms with Gasteiger partial charge in [0.05, 0.1) is 6.61 Å². The summed E-state index contributed by atoms with van der Waals surface area (Å²) < 4.78 is 8.36. The fourth-order valence-corrected chi connectivity index (χ4v) is 5.75. The van der Waals surface area contributed by atoms with Gasteiger partial charge >= 0.3 is 0 Å². The van der Waals surface area contributed by atoms with Gasteiger partial charge in [-0.2, -0.15) is 0 Å². The highest BCUT2D eigenvalue weighted by atomic mass is 127. The molecule has 0 saturated heterocycles. The third-order valence-corrected chi connectivity index (χ3v) is 8.50. The molecule has 46 heavy (non-hydrogen) atoms. The molecule has 0 radical (unpaired) electrons. The Morgan fingerprint density at radius 3 is 1.85 bits per heavy atom. The van der Waals surface area contributed by atoms with Crippen LogP contribution in [0.1, 0.15) is 144 Å². The zero-order chi connectivity index (χ0) is 32.5. The molecule has 3 aromatic rings. The number of benzene rings is 2. The van der Waals surface area contributed by atoms with Crippen molar-refractivity contribution in [3.63, 3.8) is 0 Å². The molecule has 0 aliphatic carbocycles. The second-order valence-electron chi connectivity index (χ2n) is 13.2. The van der Waals surface area contributed by atoms with Crippen LogP contribution in [-0.4, -0.2) is 23.3 Å². The third-order valence-electron chi connectivity index (χ3n) is 8.50. The van der Waals surface area contributed by atoms with Crippen LogP contribution < -0.4 is 33.3 Å². The molecule has 0 spiro atoms. The normalized spacial score (nSPS) is 11.2. The molecule has 6 heteroatoms. The van der Waals surface area contributed by atoms with Crippen LogP contribution in [0.3, 0.4) is 0 Å². The van der Waals surface area contributed by atoms with Crippen LogP contribution in [0.15, 0.2) is 72.9 Å². The van der Waals surface area contributed by atoms with Crippen molar-refractivity contribution < 1.29 is 42.9 Å². The first-order valence-corrected chi connectivity index (χ1v) is 17.4. The van der Waals surface area contributed by atoms with Gasteiger partial charge in [0.1, 0.15) is 18.8 Å².